The van der Waals surface area contributed by atoms with Crippen LogP contribution in [0.3, 0.4) is 0 Å². The lowest BCUT2D eigenvalue weighted by Crippen LogP contribution is -2.34. The lowest BCUT2D eigenvalue weighted by atomic mass is 9.86. The van der Waals surface area contributed by atoms with Crippen LogP contribution in [0.5, 0.6) is 0 Å². The molecular formula is C24H31ClN6O3. The average Bonchev–Trinajstić information content (AvgIpc) is 2.83. The largest absolute Gasteiger partial charge is 0.362 e. The number of nitrogens with zero attached hydrogens (tertiary/aromatic N) is 4. The highest BCUT2D eigenvalue weighted by Gasteiger charge is 2.25. The van der Waals surface area contributed by atoms with Crippen LogP contribution in [0.15, 0.2) is 18.2 Å². The summed E-state index contributed by atoms with van der Waals surface area (Å²) in [6.07, 6.45) is 8.33. The molecule has 1 aromatic carbocycles. The number of hydrogen-bond donors (Lipinski definition) is 2. The van der Waals surface area contributed by atoms with Crippen LogP contribution >= 0.6 is 11.6 Å². The molecule has 2 aromatic rings. The van der Waals surface area contributed by atoms with Gasteiger partial charge in [-0.15, -0.1) is 0 Å². The molecule has 2 aliphatic rings. The van der Waals surface area contributed by atoms with Crippen LogP contribution in [-0.4, -0.2) is 47.5 Å². The van der Waals surface area contributed by atoms with Gasteiger partial charge in [0.2, 0.25) is 5.95 Å². The number of benzene rings is 1. The van der Waals surface area contributed by atoms with E-state index in [9.17, 15) is 14.9 Å². The highest BCUT2D eigenvalue weighted by molar-refractivity contribution is 6.32. The van der Waals surface area contributed by atoms with Gasteiger partial charge in [-0.1, -0.05) is 11.6 Å². The fourth-order valence-corrected chi connectivity index (χ4v) is 5.02. The minimum absolute atomic E-state index is 0.0213. The summed E-state index contributed by atoms with van der Waals surface area (Å²) in [6.45, 7) is 0.544. The summed E-state index contributed by atoms with van der Waals surface area (Å²) in [4.78, 5) is 34.7. The minimum atomic E-state index is -0.582. The molecule has 0 bridgehead atoms. The van der Waals surface area contributed by atoms with E-state index in [0.29, 0.717) is 24.5 Å². The number of aromatic nitrogens is 2. The Kier molecular flexibility index (Phi) is 7.50. The Morgan fingerprint density at radius 3 is 2.62 bits per heavy atom. The van der Waals surface area contributed by atoms with Crippen molar-refractivity contribution >= 4 is 35.0 Å². The molecule has 4 rings (SSSR count). The number of rotatable bonds is 7. The number of fused-ring (bicyclic) bond motifs is 1. The second-order valence-electron chi connectivity index (χ2n) is 9.39. The van der Waals surface area contributed by atoms with Gasteiger partial charge in [0.1, 0.15) is 10.8 Å². The van der Waals surface area contributed by atoms with E-state index in [1.807, 2.05) is 14.1 Å². The van der Waals surface area contributed by atoms with Crippen LogP contribution in [0.4, 0.5) is 17.5 Å². The summed E-state index contributed by atoms with van der Waals surface area (Å²) < 4.78 is 0. The topological polar surface area (TPSA) is 113 Å². The maximum Gasteiger partial charge on any atom is 0.288 e. The number of carbonyl (C=O) groups is 1. The Hall–Kier alpha value is -2.94. The molecule has 0 spiro atoms. The van der Waals surface area contributed by atoms with Crippen molar-refractivity contribution in [3.8, 4) is 0 Å². The fourth-order valence-electron chi connectivity index (χ4n) is 4.84. The Morgan fingerprint density at radius 2 is 1.91 bits per heavy atom. The summed E-state index contributed by atoms with van der Waals surface area (Å²) in [5.41, 5.74) is 2.44. The van der Waals surface area contributed by atoms with Crippen molar-refractivity contribution in [3.05, 3.63) is 50.2 Å². The number of nitrogens with one attached hydrogen (secondary N) is 2. The van der Waals surface area contributed by atoms with Gasteiger partial charge in [-0.05, 0) is 69.4 Å². The molecule has 2 N–H and O–H groups in total. The van der Waals surface area contributed by atoms with E-state index in [1.165, 1.54) is 42.3 Å². The van der Waals surface area contributed by atoms with Crippen molar-refractivity contribution in [2.24, 2.45) is 5.92 Å². The van der Waals surface area contributed by atoms with Crippen molar-refractivity contribution in [2.45, 2.75) is 57.4 Å². The van der Waals surface area contributed by atoms with E-state index >= 15 is 0 Å². The van der Waals surface area contributed by atoms with E-state index in [1.54, 1.807) is 0 Å². The smallest absolute Gasteiger partial charge is 0.288 e. The molecule has 0 radical (unpaired) electrons. The number of aryl methyl sites for hydroxylation is 1. The Labute approximate surface area is 204 Å². The second-order valence-corrected chi connectivity index (χ2v) is 9.80. The Bertz CT molecular complexity index is 1070. The number of nitro benzene ring substituents is 1. The van der Waals surface area contributed by atoms with Gasteiger partial charge in [-0.3, -0.25) is 14.9 Å². The molecule has 34 heavy (non-hydrogen) atoms. The Morgan fingerprint density at radius 1 is 1.18 bits per heavy atom. The first-order valence-electron chi connectivity index (χ1n) is 11.9. The fraction of sp³-hybridized carbons (Fsp3) is 0.542. The highest BCUT2D eigenvalue weighted by atomic mass is 35.5. The first-order valence-corrected chi connectivity index (χ1v) is 12.3. The van der Waals surface area contributed by atoms with Crippen molar-refractivity contribution in [1.82, 2.24) is 15.3 Å². The molecule has 1 aromatic heterocycles. The zero-order chi connectivity index (χ0) is 24.2. The van der Waals surface area contributed by atoms with Crippen LogP contribution in [-0.2, 0) is 12.8 Å². The molecule has 1 amide bonds. The third kappa shape index (κ3) is 5.58. The van der Waals surface area contributed by atoms with Crippen molar-refractivity contribution in [1.29, 1.82) is 0 Å². The van der Waals surface area contributed by atoms with Crippen LogP contribution in [0.2, 0.25) is 5.02 Å². The zero-order valence-electron chi connectivity index (χ0n) is 19.6. The van der Waals surface area contributed by atoms with Gasteiger partial charge in [0.15, 0.2) is 0 Å². The molecule has 0 atom stereocenters. The first-order chi connectivity index (χ1) is 16.3. The van der Waals surface area contributed by atoms with Crippen molar-refractivity contribution in [3.63, 3.8) is 0 Å². The number of halogens is 1. The molecule has 0 saturated heterocycles. The van der Waals surface area contributed by atoms with Crippen LogP contribution < -0.4 is 15.5 Å². The first kappa shape index (κ1) is 24.2. The van der Waals surface area contributed by atoms with E-state index in [0.717, 1.165) is 44.3 Å². The maximum atomic E-state index is 12.5. The van der Waals surface area contributed by atoms with Gasteiger partial charge in [-0.2, -0.15) is 4.98 Å². The normalized spacial score (nSPS) is 19.7. The molecule has 1 saturated carbocycles. The number of anilines is 2. The van der Waals surface area contributed by atoms with Crippen LogP contribution in [0, 0.1) is 16.0 Å². The molecule has 1 fully saturated rings. The summed E-state index contributed by atoms with van der Waals surface area (Å²) in [5, 5.41) is 17.5. The van der Waals surface area contributed by atoms with E-state index in [-0.39, 0.29) is 22.2 Å². The standard InChI is InChI=1S/C24H31ClN6O3/c1-30(2)22-18-5-3-4-6-20(18)28-24(29-22)27-17-10-7-15(8-11-17)14-26-23(32)16-9-12-19(25)21(13-16)31(33)34/h9,12-13,15,17H,3-8,10-11,14H2,1-2H3,(H,26,32)(H,27,28,29)/t15-,17+. The number of amides is 1. The molecule has 0 unspecified atom stereocenters. The monoisotopic (exact) mass is 486 g/mol. The molecule has 10 heteroatoms. The van der Waals surface area contributed by atoms with E-state index in [4.69, 9.17) is 21.6 Å². The van der Waals surface area contributed by atoms with E-state index in [2.05, 4.69) is 15.5 Å². The summed E-state index contributed by atoms with van der Waals surface area (Å²) in [7, 11) is 4.06. The van der Waals surface area contributed by atoms with Crippen LogP contribution in [0.1, 0.15) is 60.1 Å². The molecule has 0 aliphatic heterocycles. The highest BCUT2D eigenvalue weighted by Crippen LogP contribution is 2.30. The lowest BCUT2D eigenvalue weighted by molar-refractivity contribution is -0.384. The number of hydrogen-bond acceptors (Lipinski definition) is 7. The van der Waals surface area contributed by atoms with Crippen LogP contribution in [0.25, 0.3) is 0 Å². The van der Waals surface area contributed by atoms with Gasteiger partial charge in [-0.25, -0.2) is 4.98 Å². The lowest BCUT2D eigenvalue weighted by Gasteiger charge is -2.30. The number of nitro groups is 1. The second kappa shape index (κ2) is 10.5. The van der Waals surface area contributed by atoms with E-state index < -0.39 is 4.92 Å². The van der Waals surface area contributed by atoms with Crippen molar-refractivity contribution in [2.75, 3.05) is 30.9 Å². The predicted octanol–water partition coefficient (Wildman–Crippen LogP) is 4.38. The average molecular weight is 487 g/mol. The molecule has 1 heterocycles. The molecular weight excluding hydrogens is 456 g/mol. The predicted molar refractivity (Wildman–Crippen MR) is 133 cm³/mol. The summed E-state index contributed by atoms with van der Waals surface area (Å²) in [5.74, 6) is 1.78. The van der Waals surface area contributed by atoms with Crippen molar-refractivity contribution < 1.29 is 9.72 Å². The molecule has 9 nitrogen and oxygen atoms in total. The third-order valence-electron chi connectivity index (χ3n) is 6.72. The third-order valence-corrected chi connectivity index (χ3v) is 7.04. The van der Waals surface area contributed by atoms with Gasteiger partial charge < -0.3 is 15.5 Å². The Balaban J connectivity index is 1.30. The summed E-state index contributed by atoms with van der Waals surface area (Å²) >= 11 is 5.83. The van der Waals surface area contributed by atoms with Gasteiger partial charge in [0, 0.05) is 43.9 Å². The zero-order valence-corrected chi connectivity index (χ0v) is 20.4. The molecule has 2 aliphatic carbocycles. The summed E-state index contributed by atoms with van der Waals surface area (Å²) in [6, 6.07) is 4.42. The van der Waals surface area contributed by atoms with Gasteiger partial charge in [0.25, 0.3) is 11.6 Å². The quantitative estimate of drug-likeness (QED) is 0.441. The van der Waals surface area contributed by atoms with Gasteiger partial charge >= 0.3 is 0 Å². The maximum absolute atomic E-state index is 12.5. The van der Waals surface area contributed by atoms with Gasteiger partial charge in [0.05, 0.1) is 10.6 Å². The molecule has 182 valence electrons. The minimum Gasteiger partial charge on any atom is -0.362 e. The number of carbonyl (C=O) groups excluding carboxylic acids is 1. The SMILES string of the molecule is CN(C)c1nc(N[C@H]2CC[C@@H](CNC(=O)c3ccc(Cl)c([N+](=O)[O-])c3)CC2)nc2c1CCCC2.